The van der Waals surface area contributed by atoms with E-state index in [1.54, 1.807) is 0 Å². The summed E-state index contributed by atoms with van der Waals surface area (Å²) < 4.78 is 0. The summed E-state index contributed by atoms with van der Waals surface area (Å²) in [6.07, 6.45) is 0. The maximum absolute atomic E-state index is 1.44. The molecule has 2 nitrogen and oxygen atoms in total. The fourth-order valence-corrected chi connectivity index (χ4v) is 0. The summed E-state index contributed by atoms with van der Waals surface area (Å²) in [5.74, 6) is 0. The average Bonchev–Trinajstić information content (AvgIpc) is 1.00. The van der Waals surface area contributed by atoms with Crippen molar-refractivity contribution >= 4 is 70.6 Å². The molecule has 0 bridgehead atoms. The van der Waals surface area contributed by atoms with Crippen molar-refractivity contribution in [1.29, 1.82) is 0 Å². The molecule has 0 aromatic heterocycles. The molecule has 0 saturated heterocycles. The minimum absolute atomic E-state index is 0. The van der Waals surface area contributed by atoms with Crippen LogP contribution in [0, 0.1) is 0 Å². The maximum atomic E-state index is 1.44. The summed E-state index contributed by atoms with van der Waals surface area (Å²) >= 11 is 2.89. The van der Waals surface area contributed by atoms with Crippen LogP contribution >= 0.6 is 13.5 Å². The van der Waals surface area contributed by atoms with Crippen LogP contribution in [0.5, 0.6) is 0 Å². The van der Waals surface area contributed by atoms with Gasteiger partial charge in [0.2, 0.25) is 0 Å². The Bertz CT molecular complexity index is 12.0. The summed E-state index contributed by atoms with van der Waals surface area (Å²) in [6.45, 7) is 0. The molecule has 0 aliphatic rings. The van der Waals surface area contributed by atoms with Crippen molar-refractivity contribution in [2.45, 2.75) is 0 Å². The topological polar surface area (TPSA) is 61.5 Å². The van der Waals surface area contributed by atoms with E-state index in [-0.39, 0.29) is 97.1 Å². The molecule has 8 heavy (non-hydrogen) atoms. The third kappa shape index (κ3) is 46.0. The summed E-state index contributed by atoms with van der Waals surface area (Å²) in [7, 11) is 0. The van der Waals surface area contributed by atoms with Crippen LogP contribution in [0.4, 0.5) is 0 Å². The second-order valence-electron chi connectivity index (χ2n) is 0. The fourth-order valence-electron chi connectivity index (χ4n) is 0. The van der Waals surface area contributed by atoms with Crippen molar-refractivity contribution in [3.05, 3.63) is 0 Å². The largest absolute Gasteiger partial charge is 0.870 e. The summed E-state index contributed by atoms with van der Waals surface area (Å²) in [5.41, 5.74) is 0. The second kappa shape index (κ2) is 61.4. The molecular weight excluding hydrogens is 188 g/mol. The Morgan fingerprint density at radius 1 is 0.875 bits per heavy atom. The molecule has 0 aliphatic carbocycles. The Morgan fingerprint density at radius 2 is 0.875 bits per heavy atom. The van der Waals surface area contributed by atoms with E-state index in [9.17, 15) is 0 Å². The van der Waals surface area contributed by atoms with Gasteiger partial charge in [-0.3, -0.25) is 0 Å². The van der Waals surface area contributed by atoms with Crippen molar-refractivity contribution in [2.75, 3.05) is 0 Å². The van der Waals surface area contributed by atoms with Crippen molar-refractivity contribution in [2.24, 2.45) is 0 Å². The second-order valence-corrected chi connectivity index (χ2v) is 0. The predicted octanol–water partition coefficient (Wildman–Crippen LogP) is -7.91. The Kier molecular flexibility index (Phi) is 414. The van der Waals surface area contributed by atoms with Crippen molar-refractivity contribution in [1.82, 2.24) is 0 Å². The van der Waals surface area contributed by atoms with E-state index in [0.29, 0.717) is 0 Å². The van der Waals surface area contributed by atoms with Crippen LogP contribution in [0.2, 0.25) is 0 Å². The molecule has 0 unspecified atom stereocenters. The number of rotatable bonds is 0. The molecule has 0 aliphatic heterocycles. The molecule has 3 N–H and O–H groups in total. The minimum Gasteiger partial charge on any atom is -0.870 e. The number of hydrogen-bond acceptors (Lipinski definition) is 2. The average molecular weight is 194 g/mol. The van der Waals surface area contributed by atoms with E-state index < -0.39 is 0 Å². The van der Waals surface area contributed by atoms with Gasteiger partial charge in [-0.1, -0.05) is 0 Å². The van der Waals surface area contributed by atoms with Crippen LogP contribution in [0.3, 0.4) is 0 Å². The molecule has 0 aromatic rings. The van der Waals surface area contributed by atoms with Crippen LogP contribution in [0.15, 0.2) is 0 Å². The van der Waals surface area contributed by atoms with Gasteiger partial charge in [0.1, 0.15) is 0 Å². The number of hydrogen-bond donors (Lipinski definition) is 0. The molecule has 0 atom stereocenters. The van der Waals surface area contributed by atoms with Gasteiger partial charge in [-0.2, -0.15) is 13.5 Å². The van der Waals surface area contributed by atoms with Crippen LogP contribution < -0.4 is 59.1 Å². The molecule has 0 heterocycles. The first kappa shape index (κ1) is 54.0. The zero-order valence-corrected chi connectivity index (χ0v) is 15.8. The van der Waals surface area contributed by atoms with Crippen LogP contribution in [-0.4, -0.2) is 54.6 Å². The molecule has 0 rings (SSSR count). The summed E-state index contributed by atoms with van der Waals surface area (Å²) in [5, 5.41) is 0. The first-order chi connectivity index (χ1) is 1.00. The molecule has 0 spiro atoms. The quantitative estimate of drug-likeness (QED) is 0.218. The minimum atomic E-state index is 0. The van der Waals surface area contributed by atoms with E-state index in [1.165, 1.54) is 43.6 Å². The predicted molar refractivity (Wildman–Crippen MR) is 36.2 cm³/mol. The van der Waals surface area contributed by atoms with Crippen LogP contribution in [0.25, 0.3) is 0 Å². The fraction of sp³-hybridized carbons (Fsp3) is 0. The third-order valence-corrected chi connectivity index (χ3v) is 0. The smallest absolute Gasteiger partial charge is 0.813 e. The molecule has 0 amide bonds. The molecule has 0 saturated carbocycles. The first-order valence-corrected chi connectivity index (χ1v) is 9.00. The van der Waals surface area contributed by atoms with Gasteiger partial charge >= 0.3 is 103 Å². The van der Waals surface area contributed by atoms with Gasteiger partial charge in [-0.05, 0) is 0 Å². The summed E-state index contributed by atoms with van der Waals surface area (Å²) in [6, 6.07) is 0. The monoisotopic (exact) mass is 194 g/mol. The Balaban J connectivity index is -0.000000000333. The third-order valence-electron chi connectivity index (χ3n) is 0. The number of thiol groups is 1. The normalized spacial score (nSPS) is 1.00. The van der Waals surface area contributed by atoms with E-state index in [1.807, 2.05) is 0 Å². The Morgan fingerprint density at radius 3 is 0.875 bits per heavy atom. The van der Waals surface area contributed by atoms with E-state index in [4.69, 9.17) is 0 Å². The van der Waals surface area contributed by atoms with Gasteiger partial charge in [0.25, 0.3) is 0 Å². The van der Waals surface area contributed by atoms with Crippen molar-refractivity contribution in [3.63, 3.8) is 0 Å². The summed E-state index contributed by atoms with van der Waals surface area (Å²) in [4.78, 5) is 0. The maximum Gasteiger partial charge on any atom is -0.813 e. The van der Waals surface area contributed by atoms with Gasteiger partial charge < -0.3 is 24.4 Å². The zero-order valence-electron chi connectivity index (χ0n) is 5.89. The zero-order chi connectivity index (χ0) is 2.00. The van der Waals surface area contributed by atoms with Crippen LogP contribution in [-0.2, 0) is 13.5 Å². The molecule has 8 heteroatoms. The van der Waals surface area contributed by atoms with Gasteiger partial charge in [0.05, 0.1) is 0 Å². The van der Waals surface area contributed by atoms with E-state index in [0.717, 1.165) is 0 Å². The van der Waals surface area contributed by atoms with Crippen LogP contribution in [0.1, 0.15) is 0 Å². The van der Waals surface area contributed by atoms with Gasteiger partial charge in [-0.15, -0.1) is 0 Å². The Labute approximate surface area is 137 Å². The molecule has 0 radical (unpaired) electrons. The first-order valence-electron chi connectivity index (χ1n) is 1.00. The molecule has 34 valence electrons. The molecular formula is H6Na4O2S2. The Hall–Kier alpha value is 4.62. The van der Waals surface area contributed by atoms with E-state index in [2.05, 4.69) is 0 Å². The van der Waals surface area contributed by atoms with Gasteiger partial charge in [-0.25, -0.2) is 0 Å². The molecule has 0 aromatic carbocycles. The SMILES string of the molecule is O.S.[Na+].[Na+].[Na][Na].[OH-].[SH-]. The van der Waals surface area contributed by atoms with Crippen molar-refractivity contribution < 1.29 is 70.1 Å². The molecule has 0 fully saturated rings. The van der Waals surface area contributed by atoms with Gasteiger partial charge in [0.15, 0.2) is 0 Å². The standard InChI is InChI=1S/4Na.2H2O.2H2S/h;;;;4*1H2/q;;2*+1;;;;/p-2. The van der Waals surface area contributed by atoms with Gasteiger partial charge in [0, 0.05) is 0 Å². The van der Waals surface area contributed by atoms with E-state index >= 15 is 0 Å². The van der Waals surface area contributed by atoms with Crippen molar-refractivity contribution in [3.8, 4) is 0 Å².